The summed E-state index contributed by atoms with van der Waals surface area (Å²) in [6.45, 7) is 3.27. The third kappa shape index (κ3) is 2.38. The number of methoxy groups -OCH3 is 1. The summed E-state index contributed by atoms with van der Waals surface area (Å²) in [5.74, 6) is -0.0923. The van der Waals surface area contributed by atoms with E-state index in [2.05, 4.69) is 10.4 Å². The molecule has 0 aliphatic heterocycles. The quantitative estimate of drug-likeness (QED) is 0.814. The summed E-state index contributed by atoms with van der Waals surface area (Å²) in [7, 11) is 3.13. The number of aryl methyl sites for hydroxylation is 1. The fourth-order valence-corrected chi connectivity index (χ4v) is 1.01. The van der Waals surface area contributed by atoms with Crippen molar-refractivity contribution >= 4 is 11.7 Å². The van der Waals surface area contributed by atoms with Gasteiger partial charge in [0.25, 0.3) is 5.91 Å². The minimum atomic E-state index is -0.954. The topological polar surface area (TPSA) is 79.9 Å². The number of nitriles is 1. The number of hydrogen-bond acceptors (Lipinski definition) is 4. The summed E-state index contributed by atoms with van der Waals surface area (Å²) in [6.07, 6.45) is 1.54. The highest BCUT2D eigenvalue weighted by atomic mass is 16.5. The SMILES string of the molecule is COC(C)(C)C(=O)Nc1nn(C)cc1C#N. The molecule has 1 aromatic heterocycles. The molecule has 1 amide bonds. The first kappa shape index (κ1) is 12.2. The second-order valence-corrected chi connectivity index (χ2v) is 3.85. The van der Waals surface area contributed by atoms with Crippen molar-refractivity contribution in [1.82, 2.24) is 9.78 Å². The molecule has 1 rings (SSSR count). The fourth-order valence-electron chi connectivity index (χ4n) is 1.01. The lowest BCUT2D eigenvalue weighted by Crippen LogP contribution is -2.39. The zero-order valence-corrected chi connectivity index (χ0v) is 9.74. The van der Waals surface area contributed by atoms with Gasteiger partial charge >= 0.3 is 0 Å². The van der Waals surface area contributed by atoms with Gasteiger partial charge in [-0.2, -0.15) is 10.4 Å². The van der Waals surface area contributed by atoms with E-state index in [1.54, 1.807) is 20.9 Å². The lowest BCUT2D eigenvalue weighted by molar-refractivity contribution is -0.133. The van der Waals surface area contributed by atoms with Gasteiger partial charge in [0, 0.05) is 20.4 Å². The van der Waals surface area contributed by atoms with E-state index in [9.17, 15) is 4.79 Å². The Morgan fingerprint density at radius 3 is 2.81 bits per heavy atom. The van der Waals surface area contributed by atoms with Crippen LogP contribution in [0.4, 0.5) is 5.82 Å². The summed E-state index contributed by atoms with van der Waals surface area (Å²) in [6, 6.07) is 1.95. The van der Waals surface area contributed by atoms with E-state index in [4.69, 9.17) is 10.00 Å². The van der Waals surface area contributed by atoms with Crippen LogP contribution < -0.4 is 5.32 Å². The lowest BCUT2D eigenvalue weighted by Gasteiger charge is -2.20. The number of carbonyl (C=O) groups is 1. The molecule has 6 nitrogen and oxygen atoms in total. The Morgan fingerprint density at radius 1 is 1.69 bits per heavy atom. The van der Waals surface area contributed by atoms with Crippen molar-refractivity contribution in [2.45, 2.75) is 19.4 Å². The number of ether oxygens (including phenoxy) is 1. The van der Waals surface area contributed by atoms with Gasteiger partial charge in [0.05, 0.1) is 0 Å². The van der Waals surface area contributed by atoms with Crippen LogP contribution in [0.25, 0.3) is 0 Å². The number of rotatable bonds is 3. The number of amides is 1. The first-order chi connectivity index (χ1) is 7.40. The Bertz CT molecular complexity index is 442. The normalized spacial score (nSPS) is 10.9. The van der Waals surface area contributed by atoms with Gasteiger partial charge in [-0.3, -0.25) is 9.48 Å². The molecule has 0 bridgehead atoms. The van der Waals surface area contributed by atoms with Gasteiger partial charge in [0.2, 0.25) is 0 Å². The molecule has 1 N–H and O–H groups in total. The first-order valence-corrected chi connectivity index (χ1v) is 4.71. The van der Waals surface area contributed by atoms with E-state index in [0.29, 0.717) is 5.56 Å². The van der Waals surface area contributed by atoms with Crippen molar-refractivity contribution in [3.8, 4) is 6.07 Å². The molecule has 0 fully saturated rings. The molecular formula is C10H14N4O2. The molecule has 0 aliphatic rings. The van der Waals surface area contributed by atoms with Crippen LogP contribution in [0.1, 0.15) is 19.4 Å². The molecule has 0 radical (unpaired) electrons. The number of hydrogen-bond donors (Lipinski definition) is 1. The molecule has 0 unspecified atom stereocenters. The predicted octanol–water partition coefficient (Wildman–Crippen LogP) is 0.655. The molecule has 6 heteroatoms. The lowest BCUT2D eigenvalue weighted by atomic mass is 10.1. The zero-order valence-electron chi connectivity index (χ0n) is 9.74. The highest BCUT2D eigenvalue weighted by molar-refractivity contribution is 5.96. The van der Waals surface area contributed by atoms with E-state index in [0.717, 1.165) is 0 Å². The van der Waals surface area contributed by atoms with Gasteiger partial charge in [-0.15, -0.1) is 0 Å². The average molecular weight is 222 g/mol. The largest absolute Gasteiger partial charge is 0.369 e. The maximum absolute atomic E-state index is 11.7. The van der Waals surface area contributed by atoms with Gasteiger partial charge in [-0.25, -0.2) is 0 Å². The molecule has 0 atom stereocenters. The zero-order chi connectivity index (χ0) is 12.3. The van der Waals surface area contributed by atoms with Crippen molar-refractivity contribution < 1.29 is 9.53 Å². The van der Waals surface area contributed by atoms with Crippen LogP contribution in [0.5, 0.6) is 0 Å². The number of nitrogens with one attached hydrogen (secondary N) is 1. The third-order valence-corrected chi connectivity index (χ3v) is 2.24. The Hall–Kier alpha value is -1.87. The smallest absolute Gasteiger partial charge is 0.257 e. The monoisotopic (exact) mass is 222 g/mol. The molecule has 1 aromatic rings. The highest BCUT2D eigenvalue weighted by Gasteiger charge is 2.28. The molecule has 16 heavy (non-hydrogen) atoms. The van der Waals surface area contributed by atoms with E-state index >= 15 is 0 Å². The standard InChI is InChI=1S/C10H14N4O2/c1-10(2,16-4)9(15)12-8-7(5-11)6-14(3)13-8/h6H,1-4H3,(H,12,13,15). The summed E-state index contributed by atoms with van der Waals surface area (Å²) >= 11 is 0. The second-order valence-electron chi connectivity index (χ2n) is 3.85. The van der Waals surface area contributed by atoms with Crippen molar-refractivity contribution in [1.29, 1.82) is 5.26 Å². The van der Waals surface area contributed by atoms with Crippen LogP contribution in [-0.4, -0.2) is 28.4 Å². The van der Waals surface area contributed by atoms with Crippen molar-refractivity contribution in [2.24, 2.45) is 7.05 Å². The van der Waals surface area contributed by atoms with Gasteiger partial charge in [-0.1, -0.05) is 0 Å². The Labute approximate surface area is 93.8 Å². The number of carbonyl (C=O) groups excluding carboxylic acids is 1. The van der Waals surface area contributed by atoms with Crippen molar-refractivity contribution in [3.05, 3.63) is 11.8 Å². The van der Waals surface area contributed by atoms with Crippen LogP contribution >= 0.6 is 0 Å². The van der Waals surface area contributed by atoms with E-state index in [1.807, 2.05) is 6.07 Å². The molecule has 0 saturated carbocycles. The molecule has 0 saturated heterocycles. The third-order valence-electron chi connectivity index (χ3n) is 2.24. The van der Waals surface area contributed by atoms with E-state index in [-0.39, 0.29) is 11.7 Å². The summed E-state index contributed by atoms with van der Waals surface area (Å²) in [5.41, 5.74) is -0.632. The van der Waals surface area contributed by atoms with E-state index in [1.165, 1.54) is 18.0 Å². The van der Waals surface area contributed by atoms with E-state index < -0.39 is 5.60 Å². The van der Waals surface area contributed by atoms with Gasteiger partial charge in [0.15, 0.2) is 5.82 Å². The molecular weight excluding hydrogens is 208 g/mol. The molecule has 0 spiro atoms. The van der Waals surface area contributed by atoms with Crippen LogP contribution in [0.2, 0.25) is 0 Å². The second kappa shape index (κ2) is 4.33. The van der Waals surface area contributed by atoms with Crippen LogP contribution in [0, 0.1) is 11.3 Å². The Morgan fingerprint density at radius 2 is 2.31 bits per heavy atom. The highest BCUT2D eigenvalue weighted by Crippen LogP contribution is 2.15. The van der Waals surface area contributed by atoms with Gasteiger partial charge in [0.1, 0.15) is 17.2 Å². The Balaban J connectivity index is 2.90. The minimum absolute atomic E-state index is 0.250. The van der Waals surface area contributed by atoms with Crippen LogP contribution in [-0.2, 0) is 16.6 Å². The first-order valence-electron chi connectivity index (χ1n) is 4.71. The summed E-state index contributed by atoms with van der Waals surface area (Å²) in [4.78, 5) is 11.7. The molecule has 1 heterocycles. The fraction of sp³-hybridized carbons (Fsp3) is 0.500. The van der Waals surface area contributed by atoms with Crippen molar-refractivity contribution in [3.63, 3.8) is 0 Å². The molecule has 86 valence electrons. The average Bonchev–Trinajstić information content (AvgIpc) is 2.58. The maximum Gasteiger partial charge on any atom is 0.257 e. The van der Waals surface area contributed by atoms with Crippen LogP contribution in [0.3, 0.4) is 0 Å². The molecule has 0 aromatic carbocycles. The van der Waals surface area contributed by atoms with Crippen molar-refractivity contribution in [2.75, 3.05) is 12.4 Å². The minimum Gasteiger partial charge on any atom is -0.369 e. The maximum atomic E-state index is 11.7. The number of nitrogens with zero attached hydrogens (tertiary/aromatic N) is 3. The summed E-state index contributed by atoms with van der Waals surface area (Å²) < 4.78 is 6.49. The number of aromatic nitrogens is 2. The Kier molecular flexibility index (Phi) is 3.30. The summed E-state index contributed by atoms with van der Waals surface area (Å²) in [5, 5.41) is 15.3. The van der Waals surface area contributed by atoms with Crippen LogP contribution in [0.15, 0.2) is 6.20 Å². The number of anilines is 1. The predicted molar refractivity (Wildman–Crippen MR) is 57.6 cm³/mol. The van der Waals surface area contributed by atoms with Gasteiger partial charge < -0.3 is 10.1 Å². The van der Waals surface area contributed by atoms with Gasteiger partial charge in [-0.05, 0) is 13.8 Å². The molecule has 0 aliphatic carbocycles.